The van der Waals surface area contributed by atoms with Gasteiger partial charge in [-0.05, 0) is 62.9 Å². The highest BCUT2D eigenvalue weighted by Crippen LogP contribution is 2.18. The lowest BCUT2D eigenvalue weighted by Crippen LogP contribution is -2.38. The zero-order valence-electron chi connectivity index (χ0n) is 15.5. The summed E-state index contributed by atoms with van der Waals surface area (Å²) in [6.45, 7) is 7.87. The topological polar surface area (TPSA) is 50.2 Å². The second-order valence-corrected chi connectivity index (χ2v) is 7.13. The van der Waals surface area contributed by atoms with Crippen LogP contribution in [0.15, 0.2) is 30.6 Å². The van der Waals surface area contributed by atoms with E-state index in [0.29, 0.717) is 5.92 Å². The number of carbonyl (C=O) groups is 1. The molecule has 5 heteroatoms. The highest BCUT2D eigenvalue weighted by Gasteiger charge is 2.21. The Morgan fingerprint density at radius 3 is 2.72 bits per heavy atom. The van der Waals surface area contributed by atoms with E-state index in [1.54, 1.807) is 0 Å². The SMILES string of the molecule is Cc1cccc(C(=O)NCC2CCN(Cc3nccn3C)CC2)c1C. The maximum absolute atomic E-state index is 12.4. The van der Waals surface area contributed by atoms with Gasteiger partial charge in [0.2, 0.25) is 0 Å². The fourth-order valence-electron chi connectivity index (χ4n) is 3.43. The molecule has 2 aromatic rings. The van der Waals surface area contributed by atoms with Crippen molar-refractivity contribution in [2.45, 2.75) is 33.2 Å². The van der Waals surface area contributed by atoms with Crippen molar-refractivity contribution in [2.75, 3.05) is 19.6 Å². The minimum absolute atomic E-state index is 0.0524. The van der Waals surface area contributed by atoms with E-state index in [9.17, 15) is 4.79 Å². The summed E-state index contributed by atoms with van der Waals surface area (Å²) < 4.78 is 2.08. The molecule has 0 bridgehead atoms. The van der Waals surface area contributed by atoms with E-state index in [1.165, 1.54) is 0 Å². The number of rotatable bonds is 5. The third-order valence-electron chi connectivity index (χ3n) is 5.39. The fourth-order valence-corrected chi connectivity index (χ4v) is 3.43. The van der Waals surface area contributed by atoms with Gasteiger partial charge >= 0.3 is 0 Å². The molecule has 1 aliphatic heterocycles. The summed E-state index contributed by atoms with van der Waals surface area (Å²) in [6, 6.07) is 5.91. The van der Waals surface area contributed by atoms with Crippen LogP contribution in [0.25, 0.3) is 0 Å². The zero-order valence-corrected chi connectivity index (χ0v) is 15.5. The Hall–Kier alpha value is -2.14. The van der Waals surface area contributed by atoms with Gasteiger partial charge in [0.15, 0.2) is 0 Å². The normalized spacial score (nSPS) is 16.1. The van der Waals surface area contributed by atoms with E-state index in [2.05, 4.69) is 19.8 Å². The van der Waals surface area contributed by atoms with E-state index in [0.717, 1.165) is 61.5 Å². The van der Waals surface area contributed by atoms with Crippen LogP contribution >= 0.6 is 0 Å². The van der Waals surface area contributed by atoms with E-state index in [4.69, 9.17) is 0 Å². The lowest BCUT2D eigenvalue weighted by Gasteiger charge is -2.31. The molecule has 1 N–H and O–H groups in total. The van der Waals surface area contributed by atoms with Crippen LogP contribution in [0.3, 0.4) is 0 Å². The first kappa shape index (κ1) is 17.7. The summed E-state index contributed by atoms with van der Waals surface area (Å²) in [6.07, 6.45) is 6.09. The predicted octanol–water partition coefficient (Wildman–Crippen LogP) is 2.68. The Balaban J connectivity index is 1.45. The maximum Gasteiger partial charge on any atom is 0.251 e. The average molecular weight is 340 g/mol. The molecule has 1 aliphatic rings. The summed E-state index contributed by atoms with van der Waals surface area (Å²) in [7, 11) is 2.04. The Morgan fingerprint density at radius 2 is 2.04 bits per heavy atom. The number of aromatic nitrogens is 2. The molecule has 0 spiro atoms. The highest BCUT2D eigenvalue weighted by atomic mass is 16.1. The zero-order chi connectivity index (χ0) is 17.8. The Morgan fingerprint density at radius 1 is 1.28 bits per heavy atom. The van der Waals surface area contributed by atoms with Gasteiger partial charge in [-0.2, -0.15) is 0 Å². The quantitative estimate of drug-likeness (QED) is 0.910. The van der Waals surface area contributed by atoms with Gasteiger partial charge in [0.1, 0.15) is 5.82 Å². The number of hydrogen-bond acceptors (Lipinski definition) is 3. The smallest absolute Gasteiger partial charge is 0.251 e. The van der Waals surface area contributed by atoms with Crippen LogP contribution in [0.5, 0.6) is 0 Å². The summed E-state index contributed by atoms with van der Waals surface area (Å²) in [5.74, 6) is 1.73. The minimum atomic E-state index is 0.0524. The third-order valence-corrected chi connectivity index (χ3v) is 5.39. The van der Waals surface area contributed by atoms with E-state index < -0.39 is 0 Å². The number of likely N-dealkylation sites (tertiary alicyclic amines) is 1. The van der Waals surface area contributed by atoms with Gasteiger partial charge in [0, 0.05) is 31.5 Å². The van der Waals surface area contributed by atoms with Gasteiger partial charge < -0.3 is 9.88 Å². The van der Waals surface area contributed by atoms with Crippen molar-refractivity contribution < 1.29 is 4.79 Å². The molecule has 1 saturated heterocycles. The maximum atomic E-state index is 12.4. The summed E-state index contributed by atoms with van der Waals surface area (Å²) in [5.41, 5.74) is 3.03. The standard InChI is InChI=1S/C20H28N4O/c1-15-5-4-6-18(16(15)2)20(25)22-13-17-7-10-24(11-8-17)14-19-21-9-12-23(19)3/h4-6,9,12,17H,7-8,10-11,13-14H2,1-3H3,(H,22,25). The molecular formula is C20H28N4O. The first-order chi connectivity index (χ1) is 12.0. The minimum Gasteiger partial charge on any atom is -0.352 e. The van der Waals surface area contributed by atoms with Crippen LogP contribution in [0.2, 0.25) is 0 Å². The summed E-state index contributed by atoms with van der Waals surface area (Å²) in [4.78, 5) is 19.3. The van der Waals surface area contributed by atoms with Crippen LogP contribution < -0.4 is 5.32 Å². The number of benzene rings is 1. The fraction of sp³-hybridized carbons (Fsp3) is 0.500. The molecule has 3 rings (SSSR count). The van der Waals surface area contributed by atoms with Crippen LogP contribution in [0.1, 0.15) is 40.2 Å². The number of amides is 1. The molecule has 1 aromatic carbocycles. The lowest BCUT2D eigenvalue weighted by molar-refractivity contribution is 0.0934. The van der Waals surface area contributed by atoms with Crippen molar-refractivity contribution in [1.82, 2.24) is 19.8 Å². The summed E-state index contributed by atoms with van der Waals surface area (Å²) >= 11 is 0. The van der Waals surface area contributed by atoms with Gasteiger partial charge in [0.05, 0.1) is 6.54 Å². The molecule has 0 radical (unpaired) electrons. The van der Waals surface area contributed by atoms with Crippen LogP contribution in [-0.4, -0.2) is 40.0 Å². The van der Waals surface area contributed by atoms with Gasteiger partial charge in [-0.3, -0.25) is 9.69 Å². The summed E-state index contributed by atoms with van der Waals surface area (Å²) in [5, 5.41) is 3.13. The van der Waals surface area contributed by atoms with E-state index in [1.807, 2.05) is 51.5 Å². The van der Waals surface area contributed by atoms with Crippen molar-refractivity contribution in [2.24, 2.45) is 13.0 Å². The highest BCUT2D eigenvalue weighted by molar-refractivity contribution is 5.95. The molecule has 134 valence electrons. The van der Waals surface area contributed by atoms with Crippen molar-refractivity contribution in [3.63, 3.8) is 0 Å². The lowest BCUT2D eigenvalue weighted by atomic mass is 9.96. The van der Waals surface area contributed by atoms with Gasteiger partial charge in [-0.1, -0.05) is 12.1 Å². The molecule has 1 fully saturated rings. The van der Waals surface area contributed by atoms with Gasteiger partial charge in [-0.15, -0.1) is 0 Å². The Labute approximate surface area is 150 Å². The second kappa shape index (κ2) is 7.83. The molecule has 1 amide bonds. The number of nitrogens with one attached hydrogen (secondary N) is 1. The number of hydrogen-bond donors (Lipinski definition) is 1. The van der Waals surface area contributed by atoms with Crippen molar-refractivity contribution in [3.8, 4) is 0 Å². The molecule has 25 heavy (non-hydrogen) atoms. The van der Waals surface area contributed by atoms with Gasteiger partial charge in [0.25, 0.3) is 5.91 Å². The Bertz CT molecular complexity index is 729. The Kier molecular flexibility index (Phi) is 5.53. The molecule has 1 aromatic heterocycles. The largest absolute Gasteiger partial charge is 0.352 e. The van der Waals surface area contributed by atoms with Crippen molar-refractivity contribution in [3.05, 3.63) is 53.1 Å². The molecule has 0 saturated carbocycles. The molecule has 5 nitrogen and oxygen atoms in total. The molecule has 0 unspecified atom stereocenters. The first-order valence-electron chi connectivity index (χ1n) is 9.07. The van der Waals surface area contributed by atoms with Crippen molar-refractivity contribution >= 4 is 5.91 Å². The number of imidazole rings is 1. The molecular weight excluding hydrogens is 312 g/mol. The molecule has 0 aliphatic carbocycles. The average Bonchev–Trinajstić information content (AvgIpc) is 3.01. The third kappa shape index (κ3) is 4.28. The molecule has 0 atom stereocenters. The number of aryl methyl sites for hydroxylation is 2. The van der Waals surface area contributed by atoms with Gasteiger partial charge in [-0.25, -0.2) is 4.98 Å². The van der Waals surface area contributed by atoms with Crippen LogP contribution in [0.4, 0.5) is 0 Å². The van der Waals surface area contributed by atoms with E-state index >= 15 is 0 Å². The van der Waals surface area contributed by atoms with E-state index in [-0.39, 0.29) is 5.91 Å². The first-order valence-corrected chi connectivity index (χ1v) is 9.07. The van der Waals surface area contributed by atoms with Crippen molar-refractivity contribution in [1.29, 1.82) is 0 Å². The molecule has 2 heterocycles. The van der Waals surface area contributed by atoms with Crippen LogP contribution in [0, 0.1) is 19.8 Å². The predicted molar refractivity (Wildman–Crippen MR) is 99.5 cm³/mol. The number of piperidine rings is 1. The van der Waals surface area contributed by atoms with Crippen LogP contribution in [-0.2, 0) is 13.6 Å². The number of nitrogens with zero attached hydrogens (tertiary/aromatic N) is 3. The monoisotopic (exact) mass is 340 g/mol. The second-order valence-electron chi connectivity index (χ2n) is 7.13. The number of carbonyl (C=O) groups excluding carboxylic acids is 1.